The molecule has 2 fully saturated rings. The van der Waals surface area contributed by atoms with Gasteiger partial charge in [0.1, 0.15) is 48.8 Å². The Bertz CT molecular complexity index is 1770. The molecule has 12 unspecified atom stereocenters. The fourth-order valence-corrected chi connectivity index (χ4v) is 14.0. The van der Waals surface area contributed by atoms with Gasteiger partial charge in [-0.15, -0.1) is 0 Å². The fraction of sp³-hybridized carbons (Fsp3) is 0.916. The Hall–Kier alpha value is -1.79. The lowest BCUT2D eigenvalue weighted by atomic mass is 9.97. The van der Waals surface area contributed by atoms with Crippen molar-refractivity contribution in [3.8, 4) is 0 Å². The van der Waals surface area contributed by atoms with Crippen molar-refractivity contribution in [2.45, 2.75) is 466 Å². The fourth-order valence-electron chi connectivity index (χ4n) is 14.0. The Morgan fingerprint density at radius 3 is 1.03 bits per heavy atom. The summed E-state index contributed by atoms with van der Waals surface area (Å²) in [6.45, 7) is 2.86. The van der Waals surface area contributed by atoms with E-state index in [1.165, 1.54) is 321 Å². The van der Waals surface area contributed by atoms with Crippen molar-refractivity contribution in [2.24, 2.45) is 0 Å². The number of hydrogen-bond donors (Lipinski definition) is 9. The van der Waals surface area contributed by atoms with Crippen LogP contribution in [0.4, 0.5) is 0 Å². The van der Waals surface area contributed by atoms with Crippen LogP contribution in [0.2, 0.25) is 0 Å². The van der Waals surface area contributed by atoms with Gasteiger partial charge in [-0.3, -0.25) is 4.79 Å². The molecule has 1 amide bonds. The number of allylic oxidation sites excluding steroid dienone is 5. The van der Waals surface area contributed by atoms with Crippen molar-refractivity contribution >= 4 is 5.91 Å². The monoisotopic (exact) mass is 1380 g/mol. The first kappa shape index (κ1) is 91.3. The Balaban J connectivity index is 1.59. The molecule has 97 heavy (non-hydrogen) atoms. The number of nitrogens with one attached hydrogen (secondary N) is 1. The molecule has 0 saturated carbocycles. The summed E-state index contributed by atoms with van der Waals surface area (Å²) in [7, 11) is 0. The molecule has 2 aliphatic rings. The molecule has 0 aromatic heterocycles. The summed E-state index contributed by atoms with van der Waals surface area (Å²) in [5.41, 5.74) is 0. The second-order valence-corrected chi connectivity index (χ2v) is 29.6. The van der Waals surface area contributed by atoms with Crippen LogP contribution in [0.3, 0.4) is 0 Å². The number of aliphatic hydroxyl groups excluding tert-OH is 8. The van der Waals surface area contributed by atoms with Crippen LogP contribution in [0.1, 0.15) is 393 Å². The van der Waals surface area contributed by atoms with E-state index < -0.39 is 86.8 Å². The first-order valence-electron chi connectivity index (χ1n) is 41.7. The second kappa shape index (κ2) is 67.4. The number of carbonyl (C=O) groups excluding carboxylic acids is 1. The van der Waals surface area contributed by atoms with Crippen LogP contribution in [0.15, 0.2) is 36.5 Å². The topological polar surface area (TPSA) is 228 Å². The average molecular weight is 1380 g/mol. The lowest BCUT2D eigenvalue weighted by Gasteiger charge is -2.46. The second-order valence-electron chi connectivity index (χ2n) is 29.6. The molecule has 0 bridgehead atoms. The molecule has 572 valence electrons. The zero-order valence-corrected chi connectivity index (χ0v) is 62.9. The number of amides is 1. The molecule has 0 aromatic rings. The van der Waals surface area contributed by atoms with Crippen molar-refractivity contribution in [1.82, 2.24) is 5.32 Å². The van der Waals surface area contributed by atoms with Crippen molar-refractivity contribution in [2.75, 3.05) is 19.8 Å². The van der Waals surface area contributed by atoms with Crippen LogP contribution in [0.5, 0.6) is 0 Å². The highest BCUT2D eigenvalue weighted by molar-refractivity contribution is 5.76. The van der Waals surface area contributed by atoms with Crippen LogP contribution in [0, 0.1) is 0 Å². The van der Waals surface area contributed by atoms with E-state index in [0.29, 0.717) is 6.42 Å². The minimum Gasteiger partial charge on any atom is -0.394 e. The van der Waals surface area contributed by atoms with Crippen molar-refractivity contribution in [3.05, 3.63) is 36.5 Å². The first-order valence-corrected chi connectivity index (χ1v) is 41.7. The van der Waals surface area contributed by atoms with Gasteiger partial charge in [-0.05, 0) is 51.4 Å². The van der Waals surface area contributed by atoms with Crippen LogP contribution in [0.25, 0.3) is 0 Å². The predicted molar refractivity (Wildman–Crippen MR) is 401 cm³/mol. The normalized spacial score (nSPS) is 22.2. The van der Waals surface area contributed by atoms with E-state index in [9.17, 15) is 45.6 Å². The SMILES string of the molecule is CCCCCCC/C=C\C/C=C\CCCCCCCCCCCCCCCCCCCCCCCCCC(=O)NC(COC1OC(CO)C(OC2OC(CO)C(O)C(O)C2O)C(O)C1O)C(O)/C=C/CCCCCCCCCCCCCCCCCCCCCCCCCCCC. The van der Waals surface area contributed by atoms with Gasteiger partial charge in [-0.2, -0.15) is 0 Å². The Labute approximate surface area is 595 Å². The molecule has 2 heterocycles. The van der Waals surface area contributed by atoms with Gasteiger partial charge in [-0.1, -0.05) is 371 Å². The molecule has 14 nitrogen and oxygen atoms in total. The quantitative estimate of drug-likeness (QED) is 0.0204. The molecule has 0 radical (unpaired) electrons. The minimum absolute atomic E-state index is 0.230. The summed E-state index contributed by atoms with van der Waals surface area (Å²) >= 11 is 0. The molecule has 0 spiro atoms. The molecule has 2 aliphatic heterocycles. The predicted octanol–water partition coefficient (Wildman–Crippen LogP) is 19.2. The molecule has 0 aromatic carbocycles. The highest BCUT2D eigenvalue weighted by atomic mass is 16.7. The summed E-state index contributed by atoms with van der Waals surface area (Å²) in [6, 6.07) is -0.915. The van der Waals surface area contributed by atoms with Gasteiger partial charge in [0, 0.05) is 6.42 Å². The number of unbranched alkanes of at least 4 members (excludes halogenated alkanes) is 54. The zero-order chi connectivity index (χ0) is 70.1. The standard InChI is InChI=1S/C83H157NO13/c1-3-5-7-9-11-13-15-17-19-21-23-25-27-29-31-33-34-35-36-37-38-39-41-43-45-47-49-51-53-55-57-59-61-63-65-67-75(88)84-71(70-94-82-80(93)78(91)81(74(69-86)96-82)97-83-79(92)77(90)76(89)73(68-85)95-83)72(87)66-64-62-60-58-56-54-52-50-48-46-44-42-40-32-30-28-26-24-22-20-18-16-14-12-10-8-6-4-2/h15,17,21,23,64,66,71-74,76-83,85-87,89-93H,3-14,16,18-20,22,24-63,65,67-70H2,1-2H3,(H,84,88)/b17-15-,23-21-,66-64+. The van der Waals surface area contributed by atoms with Crippen LogP contribution in [-0.2, 0) is 23.7 Å². The molecule has 9 N–H and O–H groups in total. The lowest BCUT2D eigenvalue weighted by Crippen LogP contribution is -2.65. The highest BCUT2D eigenvalue weighted by Gasteiger charge is 2.51. The number of ether oxygens (including phenoxy) is 4. The van der Waals surface area contributed by atoms with E-state index in [2.05, 4.69) is 43.5 Å². The van der Waals surface area contributed by atoms with Crippen molar-refractivity contribution in [1.29, 1.82) is 0 Å². The van der Waals surface area contributed by atoms with E-state index in [1.807, 2.05) is 6.08 Å². The molecule has 14 heteroatoms. The molecular formula is C83H157NO13. The number of rotatable bonds is 71. The average Bonchev–Trinajstić information content (AvgIpc) is 0.793. The van der Waals surface area contributed by atoms with E-state index >= 15 is 0 Å². The number of carbonyl (C=O) groups is 1. The summed E-state index contributed by atoms with van der Waals surface area (Å²) < 4.78 is 22.9. The number of aliphatic hydroxyl groups is 8. The van der Waals surface area contributed by atoms with Crippen molar-refractivity contribution in [3.63, 3.8) is 0 Å². The Morgan fingerprint density at radius 1 is 0.371 bits per heavy atom. The third-order valence-electron chi connectivity index (χ3n) is 20.6. The van der Waals surface area contributed by atoms with Gasteiger partial charge in [0.25, 0.3) is 0 Å². The summed E-state index contributed by atoms with van der Waals surface area (Å²) in [5, 5.41) is 87.7. The van der Waals surface area contributed by atoms with Gasteiger partial charge in [0.2, 0.25) is 5.91 Å². The smallest absolute Gasteiger partial charge is 0.220 e. The largest absolute Gasteiger partial charge is 0.394 e. The maximum Gasteiger partial charge on any atom is 0.220 e. The lowest BCUT2D eigenvalue weighted by molar-refractivity contribution is -0.359. The molecular weight excluding hydrogens is 1220 g/mol. The first-order chi connectivity index (χ1) is 47.6. The minimum atomic E-state index is -1.79. The maximum atomic E-state index is 13.4. The Morgan fingerprint density at radius 2 is 0.680 bits per heavy atom. The van der Waals surface area contributed by atoms with Crippen LogP contribution in [-0.4, -0.2) is 140 Å². The summed E-state index contributed by atoms with van der Waals surface area (Å²) in [4.78, 5) is 13.4. The van der Waals surface area contributed by atoms with E-state index in [-0.39, 0.29) is 18.9 Å². The molecule has 12 atom stereocenters. The van der Waals surface area contributed by atoms with Gasteiger partial charge >= 0.3 is 0 Å². The molecule has 2 rings (SSSR count). The Kier molecular flexibility index (Phi) is 63.4. The third-order valence-corrected chi connectivity index (χ3v) is 20.6. The molecule has 2 saturated heterocycles. The van der Waals surface area contributed by atoms with Gasteiger partial charge in [0.15, 0.2) is 12.6 Å². The third kappa shape index (κ3) is 50.3. The summed E-state index contributed by atoms with van der Waals surface area (Å²) in [5.74, 6) is -0.230. The highest BCUT2D eigenvalue weighted by Crippen LogP contribution is 2.30. The van der Waals surface area contributed by atoms with E-state index in [0.717, 1.165) is 44.9 Å². The van der Waals surface area contributed by atoms with Gasteiger partial charge in [-0.25, -0.2) is 0 Å². The van der Waals surface area contributed by atoms with Crippen LogP contribution >= 0.6 is 0 Å². The number of hydrogen-bond acceptors (Lipinski definition) is 13. The summed E-state index contributed by atoms with van der Waals surface area (Å²) in [6.07, 6.45) is 72.4. The van der Waals surface area contributed by atoms with Crippen LogP contribution < -0.4 is 5.32 Å². The molecule has 0 aliphatic carbocycles. The zero-order valence-electron chi connectivity index (χ0n) is 62.9. The van der Waals surface area contributed by atoms with Gasteiger partial charge in [0.05, 0.1) is 32.0 Å². The van der Waals surface area contributed by atoms with E-state index in [4.69, 9.17) is 18.9 Å². The van der Waals surface area contributed by atoms with Gasteiger partial charge < -0.3 is 65.1 Å². The van der Waals surface area contributed by atoms with Crippen molar-refractivity contribution < 1.29 is 64.6 Å². The van der Waals surface area contributed by atoms with E-state index in [1.54, 1.807) is 6.08 Å². The maximum absolute atomic E-state index is 13.4.